The van der Waals surface area contributed by atoms with Crippen LogP contribution < -0.4 is 0 Å². The molecule has 2 aromatic heterocycles. The topological polar surface area (TPSA) is 43.6 Å². The summed E-state index contributed by atoms with van der Waals surface area (Å²) in [5, 5.41) is 5.37. The SMILES string of the molecule is CSCCCCCCCc1nc(-c2ccnc(Cl)c2)nn1C(C)C1(C)CC1. The maximum Gasteiger partial charge on any atom is 0.181 e. The van der Waals surface area contributed by atoms with Gasteiger partial charge in [-0.25, -0.2) is 14.6 Å². The van der Waals surface area contributed by atoms with Gasteiger partial charge in [0.25, 0.3) is 0 Å². The van der Waals surface area contributed by atoms with Crippen LogP contribution >= 0.6 is 23.4 Å². The summed E-state index contributed by atoms with van der Waals surface area (Å²) >= 11 is 8.01. The lowest BCUT2D eigenvalue weighted by atomic mass is 10.0. The van der Waals surface area contributed by atoms with Gasteiger partial charge in [0.1, 0.15) is 11.0 Å². The van der Waals surface area contributed by atoms with Gasteiger partial charge in [-0.05, 0) is 62.2 Å². The number of pyridine rings is 1. The molecule has 3 rings (SSSR count). The van der Waals surface area contributed by atoms with Crippen LogP contribution in [0.25, 0.3) is 11.4 Å². The molecular weight excluding hydrogens is 376 g/mol. The van der Waals surface area contributed by atoms with E-state index in [1.165, 1.54) is 50.7 Å². The molecule has 0 bridgehead atoms. The van der Waals surface area contributed by atoms with Crippen LogP contribution in [0.5, 0.6) is 0 Å². The van der Waals surface area contributed by atoms with Crippen molar-refractivity contribution in [2.75, 3.05) is 12.0 Å². The van der Waals surface area contributed by atoms with Gasteiger partial charge in [-0.1, -0.05) is 37.8 Å². The van der Waals surface area contributed by atoms with Crippen LogP contribution in [0.1, 0.15) is 70.7 Å². The third-order valence-electron chi connectivity index (χ3n) is 5.85. The first-order chi connectivity index (χ1) is 13.0. The number of halogens is 1. The molecule has 0 aromatic carbocycles. The zero-order valence-electron chi connectivity index (χ0n) is 16.7. The van der Waals surface area contributed by atoms with E-state index in [0.717, 1.165) is 23.6 Å². The second-order valence-electron chi connectivity index (χ2n) is 8.00. The van der Waals surface area contributed by atoms with E-state index in [1.807, 2.05) is 23.9 Å². The summed E-state index contributed by atoms with van der Waals surface area (Å²) in [5.41, 5.74) is 1.31. The predicted molar refractivity (Wildman–Crippen MR) is 115 cm³/mol. The Labute approximate surface area is 172 Å². The zero-order valence-corrected chi connectivity index (χ0v) is 18.3. The van der Waals surface area contributed by atoms with E-state index in [1.54, 1.807) is 6.20 Å². The van der Waals surface area contributed by atoms with Crippen LogP contribution in [0.4, 0.5) is 0 Å². The van der Waals surface area contributed by atoms with Gasteiger partial charge in [0.15, 0.2) is 5.82 Å². The highest BCUT2D eigenvalue weighted by atomic mass is 35.5. The number of hydrogen-bond donors (Lipinski definition) is 0. The number of unbranched alkanes of at least 4 members (excludes halogenated alkanes) is 4. The standard InChI is InChI=1S/C21H31ClN4S/c1-16(21(2)11-12-21)26-19(9-7-5-4-6-8-14-27-3)24-20(25-26)17-10-13-23-18(22)15-17/h10,13,15-16H,4-9,11-12,14H2,1-3H3. The van der Waals surface area contributed by atoms with E-state index in [-0.39, 0.29) is 0 Å². The van der Waals surface area contributed by atoms with Crippen molar-refractivity contribution in [3.63, 3.8) is 0 Å². The molecule has 2 aromatic rings. The Morgan fingerprint density at radius 3 is 2.67 bits per heavy atom. The normalized spacial score (nSPS) is 16.4. The van der Waals surface area contributed by atoms with Gasteiger partial charge in [0, 0.05) is 18.2 Å². The molecule has 1 unspecified atom stereocenters. The van der Waals surface area contributed by atoms with Gasteiger partial charge in [-0.3, -0.25) is 0 Å². The van der Waals surface area contributed by atoms with Gasteiger partial charge < -0.3 is 0 Å². The fourth-order valence-corrected chi connectivity index (χ4v) is 4.14. The van der Waals surface area contributed by atoms with Crippen LogP contribution in [0.2, 0.25) is 5.15 Å². The highest BCUT2D eigenvalue weighted by molar-refractivity contribution is 7.98. The van der Waals surface area contributed by atoms with Gasteiger partial charge in [-0.15, -0.1) is 0 Å². The number of aromatic nitrogens is 4. The van der Waals surface area contributed by atoms with E-state index in [0.29, 0.717) is 16.6 Å². The van der Waals surface area contributed by atoms with Gasteiger partial charge >= 0.3 is 0 Å². The molecule has 2 heterocycles. The van der Waals surface area contributed by atoms with Crippen molar-refractivity contribution in [2.24, 2.45) is 5.41 Å². The summed E-state index contributed by atoms with van der Waals surface area (Å²) in [6.45, 7) is 4.65. The lowest BCUT2D eigenvalue weighted by molar-refractivity contribution is 0.321. The van der Waals surface area contributed by atoms with Crippen LogP contribution in [-0.4, -0.2) is 31.8 Å². The Morgan fingerprint density at radius 1 is 1.22 bits per heavy atom. The Hall–Kier alpha value is -1.07. The number of thioether (sulfide) groups is 1. The second kappa shape index (κ2) is 9.42. The van der Waals surface area contributed by atoms with Crippen molar-refractivity contribution in [3.8, 4) is 11.4 Å². The summed E-state index contributed by atoms with van der Waals surface area (Å²) in [7, 11) is 0. The van der Waals surface area contributed by atoms with Crippen LogP contribution in [0.15, 0.2) is 18.3 Å². The van der Waals surface area contributed by atoms with Crippen molar-refractivity contribution in [3.05, 3.63) is 29.3 Å². The highest BCUT2D eigenvalue weighted by Gasteiger charge is 2.44. The van der Waals surface area contributed by atoms with E-state index in [9.17, 15) is 0 Å². The van der Waals surface area contributed by atoms with Crippen LogP contribution in [0.3, 0.4) is 0 Å². The molecule has 148 valence electrons. The fourth-order valence-electron chi connectivity index (χ4n) is 3.47. The number of rotatable bonds is 11. The van der Waals surface area contributed by atoms with E-state index >= 15 is 0 Å². The summed E-state index contributed by atoms with van der Waals surface area (Å²) in [6, 6.07) is 4.16. The first-order valence-corrected chi connectivity index (χ1v) is 11.9. The molecule has 1 aliphatic rings. The van der Waals surface area contributed by atoms with Gasteiger partial charge in [0.2, 0.25) is 0 Å². The fraction of sp³-hybridized carbons (Fsp3) is 0.667. The summed E-state index contributed by atoms with van der Waals surface area (Å²) in [5.74, 6) is 3.16. The summed E-state index contributed by atoms with van der Waals surface area (Å²) in [6.07, 6.45) is 13.9. The lowest BCUT2D eigenvalue weighted by Crippen LogP contribution is -2.19. The van der Waals surface area contributed by atoms with E-state index in [2.05, 4.69) is 29.8 Å². The van der Waals surface area contributed by atoms with Crippen molar-refractivity contribution >= 4 is 23.4 Å². The predicted octanol–water partition coefficient (Wildman–Crippen LogP) is 6.21. The minimum absolute atomic E-state index is 0.368. The highest BCUT2D eigenvalue weighted by Crippen LogP contribution is 2.53. The zero-order chi connectivity index (χ0) is 19.3. The first kappa shape index (κ1) is 20.7. The van der Waals surface area contributed by atoms with Crippen molar-refractivity contribution in [2.45, 2.75) is 71.3 Å². The molecular formula is C21H31ClN4S. The minimum Gasteiger partial charge on any atom is -0.246 e. The molecule has 27 heavy (non-hydrogen) atoms. The minimum atomic E-state index is 0.368. The van der Waals surface area contributed by atoms with Crippen LogP contribution in [0, 0.1) is 5.41 Å². The Balaban J connectivity index is 1.69. The molecule has 0 amide bonds. The van der Waals surface area contributed by atoms with Gasteiger partial charge in [0.05, 0.1) is 6.04 Å². The third kappa shape index (κ3) is 5.47. The Bertz CT molecular complexity index is 742. The largest absolute Gasteiger partial charge is 0.246 e. The molecule has 1 saturated carbocycles. The number of hydrogen-bond acceptors (Lipinski definition) is 4. The average molecular weight is 407 g/mol. The first-order valence-electron chi connectivity index (χ1n) is 10.1. The molecule has 0 aliphatic heterocycles. The maximum atomic E-state index is 6.07. The molecule has 1 atom stereocenters. The molecule has 1 aliphatic carbocycles. The Kier molecular flexibility index (Phi) is 7.21. The van der Waals surface area contributed by atoms with E-state index in [4.69, 9.17) is 21.7 Å². The molecule has 0 saturated heterocycles. The molecule has 0 radical (unpaired) electrons. The monoisotopic (exact) mass is 406 g/mol. The van der Waals surface area contributed by atoms with Crippen LogP contribution in [-0.2, 0) is 6.42 Å². The quantitative estimate of drug-likeness (QED) is 0.328. The second-order valence-corrected chi connectivity index (χ2v) is 9.38. The summed E-state index contributed by atoms with van der Waals surface area (Å²) in [4.78, 5) is 8.97. The maximum absolute atomic E-state index is 6.07. The Morgan fingerprint density at radius 2 is 1.96 bits per heavy atom. The third-order valence-corrected chi connectivity index (χ3v) is 6.75. The summed E-state index contributed by atoms with van der Waals surface area (Å²) < 4.78 is 2.18. The smallest absolute Gasteiger partial charge is 0.181 e. The molecule has 4 nitrogen and oxygen atoms in total. The molecule has 1 fully saturated rings. The van der Waals surface area contributed by atoms with Crippen molar-refractivity contribution < 1.29 is 0 Å². The molecule has 0 N–H and O–H groups in total. The lowest BCUT2D eigenvalue weighted by Gasteiger charge is -2.20. The average Bonchev–Trinajstić information content (AvgIpc) is 3.27. The van der Waals surface area contributed by atoms with Crippen molar-refractivity contribution in [1.29, 1.82) is 0 Å². The van der Waals surface area contributed by atoms with Gasteiger partial charge in [-0.2, -0.15) is 16.9 Å². The number of aryl methyl sites for hydroxylation is 1. The molecule has 0 spiro atoms. The van der Waals surface area contributed by atoms with E-state index < -0.39 is 0 Å². The van der Waals surface area contributed by atoms with Crippen molar-refractivity contribution in [1.82, 2.24) is 19.7 Å². The molecule has 6 heteroatoms. The number of nitrogens with zero attached hydrogens (tertiary/aromatic N) is 4.